The lowest BCUT2D eigenvalue weighted by atomic mass is 10.2. The van der Waals surface area contributed by atoms with E-state index in [0.717, 1.165) is 12.1 Å². The Balaban J connectivity index is 2.43. The normalized spacial score (nSPS) is 10.3. The minimum Gasteiger partial charge on any atom is -0.451 e. The van der Waals surface area contributed by atoms with Crippen LogP contribution in [0.15, 0.2) is 30.3 Å². The molecule has 0 unspecified atom stereocenters. The Morgan fingerprint density at radius 2 is 1.79 bits per heavy atom. The topological polar surface area (TPSA) is 26.3 Å². The lowest BCUT2D eigenvalue weighted by molar-refractivity contribution is 0.112. The molecule has 0 aliphatic rings. The molecule has 5 heteroatoms. The van der Waals surface area contributed by atoms with E-state index >= 15 is 0 Å². The average Bonchev–Trinajstić information content (AvgIpc) is 2.37. The highest BCUT2D eigenvalue weighted by Gasteiger charge is 2.14. The second-order valence-electron chi connectivity index (χ2n) is 3.94. The van der Waals surface area contributed by atoms with Crippen LogP contribution in [0, 0.1) is 18.6 Å². The molecule has 0 aliphatic heterocycles. The fourth-order valence-electron chi connectivity index (χ4n) is 1.54. The lowest BCUT2D eigenvalue weighted by Gasteiger charge is -2.11. The Morgan fingerprint density at radius 3 is 2.37 bits per heavy atom. The van der Waals surface area contributed by atoms with Crippen LogP contribution in [0.4, 0.5) is 8.78 Å². The van der Waals surface area contributed by atoms with Crippen molar-refractivity contribution in [3.8, 4) is 11.5 Å². The summed E-state index contributed by atoms with van der Waals surface area (Å²) in [4.78, 5) is 10.5. The van der Waals surface area contributed by atoms with Crippen LogP contribution in [0.1, 0.15) is 15.9 Å². The number of benzene rings is 2. The highest BCUT2D eigenvalue weighted by atomic mass is 35.5. The summed E-state index contributed by atoms with van der Waals surface area (Å²) in [5.41, 5.74) is 0.591. The van der Waals surface area contributed by atoms with Crippen LogP contribution in [-0.2, 0) is 0 Å². The third-order valence-electron chi connectivity index (χ3n) is 2.52. The molecule has 0 bridgehead atoms. The zero-order chi connectivity index (χ0) is 14.0. The molecule has 98 valence electrons. The van der Waals surface area contributed by atoms with Crippen molar-refractivity contribution in [3.63, 3.8) is 0 Å². The average molecular weight is 283 g/mol. The molecule has 2 rings (SSSR count). The van der Waals surface area contributed by atoms with Gasteiger partial charge >= 0.3 is 0 Å². The number of hydrogen-bond donors (Lipinski definition) is 0. The molecule has 0 amide bonds. The quantitative estimate of drug-likeness (QED) is 0.773. The van der Waals surface area contributed by atoms with Gasteiger partial charge in [-0.1, -0.05) is 17.7 Å². The first-order valence-corrected chi connectivity index (χ1v) is 5.77. The van der Waals surface area contributed by atoms with Crippen molar-refractivity contribution < 1.29 is 18.3 Å². The fraction of sp³-hybridized carbons (Fsp3) is 0.0714. The molecule has 0 aliphatic carbocycles. The molecule has 0 aromatic heterocycles. The van der Waals surface area contributed by atoms with Crippen molar-refractivity contribution in [2.75, 3.05) is 0 Å². The molecular formula is C14H9ClF2O2. The summed E-state index contributed by atoms with van der Waals surface area (Å²) in [5.74, 6) is -2.19. The van der Waals surface area contributed by atoms with Gasteiger partial charge in [0.05, 0.1) is 0 Å². The van der Waals surface area contributed by atoms with Crippen LogP contribution < -0.4 is 4.74 Å². The standard InChI is InChI=1S/C14H9ClF2O2/c1-8-2-3-10(15)6-13(8)19-14-11(16)4-9(7-18)5-12(14)17/h2-7H,1H3. The van der Waals surface area contributed by atoms with E-state index in [0.29, 0.717) is 16.9 Å². The number of carbonyl (C=O) groups excluding carboxylic acids is 1. The number of rotatable bonds is 3. The fourth-order valence-corrected chi connectivity index (χ4v) is 1.70. The number of ether oxygens (including phenoxy) is 1. The van der Waals surface area contributed by atoms with E-state index in [4.69, 9.17) is 16.3 Å². The van der Waals surface area contributed by atoms with Gasteiger partial charge in [-0.3, -0.25) is 4.79 Å². The van der Waals surface area contributed by atoms with E-state index in [1.165, 1.54) is 6.07 Å². The first-order chi connectivity index (χ1) is 9.01. The summed E-state index contributed by atoms with van der Waals surface area (Å²) in [7, 11) is 0. The van der Waals surface area contributed by atoms with Gasteiger partial charge in [-0.05, 0) is 36.8 Å². The van der Waals surface area contributed by atoms with Gasteiger partial charge in [0.15, 0.2) is 17.4 Å². The largest absolute Gasteiger partial charge is 0.451 e. The smallest absolute Gasteiger partial charge is 0.198 e. The first kappa shape index (κ1) is 13.5. The number of carbonyl (C=O) groups is 1. The summed E-state index contributed by atoms with van der Waals surface area (Å²) in [6, 6.07) is 6.60. The Bertz CT molecular complexity index is 618. The molecule has 0 atom stereocenters. The SMILES string of the molecule is Cc1ccc(Cl)cc1Oc1c(F)cc(C=O)cc1F. The summed E-state index contributed by atoms with van der Waals surface area (Å²) in [6.07, 6.45) is 0.362. The molecule has 0 heterocycles. The molecule has 0 fully saturated rings. The van der Waals surface area contributed by atoms with Crippen LogP contribution in [0.2, 0.25) is 5.02 Å². The highest BCUT2D eigenvalue weighted by Crippen LogP contribution is 2.31. The third kappa shape index (κ3) is 2.90. The third-order valence-corrected chi connectivity index (χ3v) is 2.75. The molecule has 2 nitrogen and oxygen atoms in total. The number of halogens is 3. The van der Waals surface area contributed by atoms with Crippen molar-refractivity contribution in [2.24, 2.45) is 0 Å². The van der Waals surface area contributed by atoms with E-state index in [9.17, 15) is 13.6 Å². The Hall–Kier alpha value is -1.94. The van der Waals surface area contributed by atoms with Crippen molar-refractivity contribution >= 4 is 17.9 Å². The molecule has 19 heavy (non-hydrogen) atoms. The Morgan fingerprint density at radius 1 is 1.16 bits per heavy atom. The maximum atomic E-state index is 13.7. The van der Waals surface area contributed by atoms with Gasteiger partial charge in [-0.2, -0.15) is 0 Å². The number of aldehydes is 1. The monoisotopic (exact) mass is 282 g/mol. The molecule has 0 N–H and O–H groups in total. The van der Waals surface area contributed by atoms with Gasteiger partial charge in [0, 0.05) is 10.6 Å². The summed E-state index contributed by atoms with van der Waals surface area (Å²) in [6.45, 7) is 1.72. The van der Waals surface area contributed by atoms with Crippen LogP contribution in [0.5, 0.6) is 11.5 Å². The van der Waals surface area contributed by atoms with Crippen LogP contribution in [0.25, 0.3) is 0 Å². The molecular weight excluding hydrogens is 274 g/mol. The Kier molecular flexibility index (Phi) is 3.81. The van der Waals surface area contributed by atoms with Gasteiger partial charge in [0.25, 0.3) is 0 Å². The summed E-state index contributed by atoms with van der Waals surface area (Å²) >= 11 is 5.80. The van der Waals surface area contributed by atoms with Gasteiger partial charge in [0.2, 0.25) is 0 Å². The second-order valence-corrected chi connectivity index (χ2v) is 4.38. The van der Waals surface area contributed by atoms with E-state index in [-0.39, 0.29) is 11.3 Å². The summed E-state index contributed by atoms with van der Waals surface area (Å²) in [5, 5.41) is 0.394. The van der Waals surface area contributed by atoms with E-state index < -0.39 is 17.4 Å². The molecule has 2 aromatic rings. The van der Waals surface area contributed by atoms with Crippen molar-refractivity contribution in [1.82, 2.24) is 0 Å². The molecule has 0 radical (unpaired) electrons. The minimum atomic E-state index is -0.943. The highest BCUT2D eigenvalue weighted by molar-refractivity contribution is 6.30. The molecule has 2 aromatic carbocycles. The molecule has 0 saturated heterocycles. The predicted octanol–water partition coefficient (Wildman–Crippen LogP) is 4.53. The van der Waals surface area contributed by atoms with Gasteiger partial charge in [-0.15, -0.1) is 0 Å². The molecule has 0 spiro atoms. The minimum absolute atomic E-state index is 0.0924. The van der Waals surface area contributed by atoms with Crippen LogP contribution in [-0.4, -0.2) is 6.29 Å². The summed E-state index contributed by atoms with van der Waals surface area (Å²) < 4.78 is 32.5. The zero-order valence-corrected chi connectivity index (χ0v) is 10.7. The van der Waals surface area contributed by atoms with Gasteiger partial charge < -0.3 is 4.74 Å². The maximum Gasteiger partial charge on any atom is 0.198 e. The van der Waals surface area contributed by atoms with Crippen molar-refractivity contribution in [2.45, 2.75) is 6.92 Å². The van der Waals surface area contributed by atoms with Gasteiger partial charge in [-0.25, -0.2) is 8.78 Å². The predicted molar refractivity (Wildman–Crippen MR) is 68.0 cm³/mol. The van der Waals surface area contributed by atoms with Crippen LogP contribution >= 0.6 is 11.6 Å². The van der Waals surface area contributed by atoms with E-state index in [1.807, 2.05) is 0 Å². The van der Waals surface area contributed by atoms with Crippen molar-refractivity contribution in [1.29, 1.82) is 0 Å². The van der Waals surface area contributed by atoms with Crippen LogP contribution in [0.3, 0.4) is 0 Å². The van der Waals surface area contributed by atoms with E-state index in [1.54, 1.807) is 19.1 Å². The first-order valence-electron chi connectivity index (χ1n) is 5.39. The maximum absolute atomic E-state index is 13.7. The second kappa shape index (κ2) is 5.36. The number of aryl methyl sites for hydroxylation is 1. The van der Waals surface area contributed by atoms with Gasteiger partial charge in [0.1, 0.15) is 12.0 Å². The van der Waals surface area contributed by atoms with Crippen molar-refractivity contribution in [3.05, 3.63) is 58.1 Å². The number of hydrogen-bond acceptors (Lipinski definition) is 2. The Labute approximate surface area is 113 Å². The molecule has 0 saturated carbocycles. The van der Waals surface area contributed by atoms with E-state index in [2.05, 4.69) is 0 Å². The zero-order valence-electron chi connectivity index (χ0n) is 9.91. The lowest BCUT2D eigenvalue weighted by Crippen LogP contribution is -1.96.